The Morgan fingerprint density at radius 3 is 2.67 bits per heavy atom. The number of carboxylic acids is 1. The first-order valence-electron chi connectivity index (χ1n) is 4.29. The molecule has 2 unspecified atom stereocenters. The lowest BCUT2D eigenvalue weighted by molar-refractivity contribution is -0.138. The molecule has 0 aromatic carbocycles. The first-order valence-corrected chi connectivity index (χ1v) is 4.29. The van der Waals surface area contributed by atoms with Crippen LogP contribution >= 0.6 is 0 Å². The van der Waals surface area contributed by atoms with Gasteiger partial charge in [-0.2, -0.15) is 0 Å². The highest BCUT2D eigenvalue weighted by atomic mass is 16.4. The van der Waals surface area contributed by atoms with Crippen molar-refractivity contribution in [3.05, 3.63) is 0 Å². The molecule has 12 heavy (non-hydrogen) atoms. The van der Waals surface area contributed by atoms with Crippen molar-refractivity contribution in [3.8, 4) is 0 Å². The van der Waals surface area contributed by atoms with E-state index in [9.17, 15) is 4.79 Å². The molecule has 0 aliphatic carbocycles. The Morgan fingerprint density at radius 1 is 1.67 bits per heavy atom. The Balaban J connectivity index is 3.37. The number of carboxylic acid groups (broad SMARTS) is 1. The van der Waals surface area contributed by atoms with Crippen LogP contribution < -0.4 is 11.1 Å². The molecule has 0 radical (unpaired) electrons. The summed E-state index contributed by atoms with van der Waals surface area (Å²) in [6, 6.07) is -0.299. The second-order valence-electron chi connectivity index (χ2n) is 3.00. The van der Waals surface area contributed by atoms with E-state index in [0.717, 1.165) is 6.42 Å². The largest absolute Gasteiger partial charge is 0.480 e. The highest BCUT2D eigenvalue weighted by Gasteiger charge is 2.10. The van der Waals surface area contributed by atoms with E-state index in [1.165, 1.54) is 0 Å². The van der Waals surface area contributed by atoms with Gasteiger partial charge in [0.2, 0.25) is 0 Å². The molecule has 0 saturated heterocycles. The van der Waals surface area contributed by atoms with Crippen LogP contribution in [0.3, 0.4) is 0 Å². The number of rotatable bonds is 6. The number of nitrogens with two attached hydrogens (primary N) is 1. The molecule has 0 rings (SSSR count). The van der Waals surface area contributed by atoms with Gasteiger partial charge in [0, 0.05) is 6.04 Å². The normalized spacial score (nSPS) is 15.6. The third-order valence-corrected chi connectivity index (χ3v) is 1.88. The fourth-order valence-corrected chi connectivity index (χ4v) is 0.753. The van der Waals surface area contributed by atoms with Gasteiger partial charge in [0.1, 0.15) is 6.04 Å². The standard InChI is InChI=1S/C8H18N2O2/c1-3-6(2)10-5-4-7(9)8(11)12/h6-7,10H,3-5,9H2,1-2H3,(H,11,12). The van der Waals surface area contributed by atoms with Crippen LogP contribution in [0.1, 0.15) is 26.7 Å². The van der Waals surface area contributed by atoms with Crippen molar-refractivity contribution in [1.29, 1.82) is 0 Å². The number of aliphatic carboxylic acids is 1. The summed E-state index contributed by atoms with van der Waals surface area (Å²) in [6.07, 6.45) is 1.53. The smallest absolute Gasteiger partial charge is 0.320 e. The van der Waals surface area contributed by atoms with Crippen molar-refractivity contribution in [2.24, 2.45) is 5.73 Å². The van der Waals surface area contributed by atoms with Crippen molar-refractivity contribution in [1.82, 2.24) is 5.32 Å². The maximum atomic E-state index is 10.3. The molecule has 0 saturated carbocycles. The van der Waals surface area contributed by atoms with E-state index in [4.69, 9.17) is 10.8 Å². The summed E-state index contributed by atoms with van der Waals surface area (Å²) in [5.74, 6) is -0.930. The van der Waals surface area contributed by atoms with Gasteiger partial charge in [-0.1, -0.05) is 6.92 Å². The number of hydrogen-bond acceptors (Lipinski definition) is 3. The summed E-state index contributed by atoms with van der Waals surface area (Å²) in [6.45, 7) is 4.81. The SMILES string of the molecule is CCC(C)NCCC(N)C(=O)O. The summed E-state index contributed by atoms with van der Waals surface area (Å²) in [4.78, 5) is 10.3. The van der Waals surface area contributed by atoms with Gasteiger partial charge >= 0.3 is 5.97 Å². The molecule has 4 heteroatoms. The van der Waals surface area contributed by atoms with Gasteiger partial charge in [-0.25, -0.2) is 0 Å². The summed E-state index contributed by atoms with van der Waals surface area (Å²) in [5, 5.41) is 11.6. The van der Waals surface area contributed by atoms with Crippen LogP contribution in [-0.4, -0.2) is 29.7 Å². The van der Waals surface area contributed by atoms with Crippen molar-refractivity contribution in [2.75, 3.05) is 6.54 Å². The predicted molar refractivity (Wildman–Crippen MR) is 48.0 cm³/mol. The predicted octanol–water partition coefficient (Wildman–Crippen LogP) is 0.177. The van der Waals surface area contributed by atoms with E-state index < -0.39 is 12.0 Å². The quantitative estimate of drug-likeness (QED) is 0.537. The molecule has 0 aromatic rings. The molecule has 0 amide bonds. The summed E-state index contributed by atoms with van der Waals surface area (Å²) < 4.78 is 0. The lowest BCUT2D eigenvalue weighted by Gasteiger charge is -2.12. The topological polar surface area (TPSA) is 75.3 Å². The maximum absolute atomic E-state index is 10.3. The van der Waals surface area contributed by atoms with Crippen LogP contribution in [0, 0.1) is 0 Å². The molecule has 0 aliphatic rings. The minimum absolute atomic E-state index is 0.436. The Hall–Kier alpha value is -0.610. The van der Waals surface area contributed by atoms with Gasteiger partial charge in [-0.15, -0.1) is 0 Å². The monoisotopic (exact) mass is 174 g/mol. The van der Waals surface area contributed by atoms with Crippen molar-refractivity contribution in [3.63, 3.8) is 0 Å². The first kappa shape index (κ1) is 11.4. The zero-order valence-corrected chi connectivity index (χ0v) is 7.71. The average Bonchev–Trinajstić information content (AvgIpc) is 2.03. The van der Waals surface area contributed by atoms with Crippen LogP contribution in [0.4, 0.5) is 0 Å². The highest BCUT2D eigenvalue weighted by Crippen LogP contribution is 1.90. The molecule has 2 atom stereocenters. The van der Waals surface area contributed by atoms with Gasteiger partial charge in [0.05, 0.1) is 0 Å². The molecule has 0 bridgehead atoms. The van der Waals surface area contributed by atoms with E-state index in [2.05, 4.69) is 19.2 Å². The molecule has 0 aromatic heterocycles. The molecular formula is C8H18N2O2. The fourth-order valence-electron chi connectivity index (χ4n) is 0.753. The highest BCUT2D eigenvalue weighted by molar-refractivity contribution is 5.72. The second-order valence-corrected chi connectivity index (χ2v) is 3.00. The van der Waals surface area contributed by atoms with Gasteiger partial charge in [-0.05, 0) is 26.3 Å². The number of carbonyl (C=O) groups is 1. The van der Waals surface area contributed by atoms with Gasteiger partial charge in [0.25, 0.3) is 0 Å². The lowest BCUT2D eigenvalue weighted by Crippen LogP contribution is -2.35. The molecule has 0 aliphatic heterocycles. The third kappa shape index (κ3) is 5.09. The minimum atomic E-state index is -0.930. The zero-order chi connectivity index (χ0) is 9.56. The van der Waals surface area contributed by atoms with E-state index >= 15 is 0 Å². The van der Waals surface area contributed by atoms with Crippen molar-refractivity contribution in [2.45, 2.75) is 38.8 Å². The van der Waals surface area contributed by atoms with Crippen LogP contribution in [0.5, 0.6) is 0 Å². The van der Waals surface area contributed by atoms with Crippen molar-refractivity contribution >= 4 is 5.97 Å². The van der Waals surface area contributed by atoms with Gasteiger partial charge in [-0.3, -0.25) is 4.79 Å². The Bertz CT molecular complexity index is 139. The maximum Gasteiger partial charge on any atom is 0.320 e. The first-order chi connectivity index (χ1) is 5.57. The third-order valence-electron chi connectivity index (χ3n) is 1.88. The minimum Gasteiger partial charge on any atom is -0.480 e. The van der Waals surface area contributed by atoms with Crippen LogP contribution in [0.15, 0.2) is 0 Å². The second kappa shape index (κ2) is 5.97. The molecule has 0 heterocycles. The number of nitrogens with one attached hydrogen (secondary N) is 1. The number of hydrogen-bond donors (Lipinski definition) is 3. The van der Waals surface area contributed by atoms with Crippen LogP contribution in [0.2, 0.25) is 0 Å². The Morgan fingerprint density at radius 2 is 2.25 bits per heavy atom. The summed E-state index contributed by atoms with van der Waals surface area (Å²) in [7, 11) is 0. The Kier molecular flexibility index (Phi) is 5.66. The molecule has 0 fully saturated rings. The van der Waals surface area contributed by atoms with Gasteiger partial charge in [0.15, 0.2) is 0 Å². The van der Waals surface area contributed by atoms with E-state index in [-0.39, 0.29) is 0 Å². The fraction of sp³-hybridized carbons (Fsp3) is 0.875. The Labute approximate surface area is 73.1 Å². The van der Waals surface area contributed by atoms with Crippen LogP contribution in [-0.2, 0) is 4.79 Å². The molecular weight excluding hydrogens is 156 g/mol. The van der Waals surface area contributed by atoms with E-state index in [1.54, 1.807) is 0 Å². The van der Waals surface area contributed by atoms with E-state index in [1.807, 2.05) is 0 Å². The molecule has 72 valence electrons. The summed E-state index contributed by atoms with van der Waals surface area (Å²) >= 11 is 0. The van der Waals surface area contributed by atoms with Crippen molar-refractivity contribution < 1.29 is 9.90 Å². The van der Waals surface area contributed by atoms with Crippen LogP contribution in [0.25, 0.3) is 0 Å². The summed E-state index contributed by atoms with van der Waals surface area (Å²) in [5.41, 5.74) is 5.30. The molecule has 4 nitrogen and oxygen atoms in total. The zero-order valence-electron chi connectivity index (χ0n) is 7.71. The lowest BCUT2D eigenvalue weighted by atomic mass is 10.2. The van der Waals surface area contributed by atoms with Gasteiger partial charge < -0.3 is 16.2 Å². The van der Waals surface area contributed by atoms with E-state index in [0.29, 0.717) is 19.0 Å². The molecule has 4 N–H and O–H groups in total. The molecule has 0 spiro atoms. The average molecular weight is 174 g/mol.